The Balaban J connectivity index is 0.839. The first kappa shape index (κ1) is 49.5. The van der Waals surface area contributed by atoms with Gasteiger partial charge in [-0.1, -0.05) is 210 Å². The van der Waals surface area contributed by atoms with Crippen LogP contribution in [0.15, 0.2) is 273 Å². The Morgan fingerprint density at radius 3 is 1.21 bits per heavy atom. The molecular formula is C82H57N5. The van der Waals surface area contributed by atoms with Crippen molar-refractivity contribution in [3.05, 3.63) is 295 Å². The summed E-state index contributed by atoms with van der Waals surface area (Å²) >= 11 is 0. The van der Waals surface area contributed by atoms with Gasteiger partial charge in [-0.15, -0.1) is 0 Å². The second-order valence-corrected chi connectivity index (χ2v) is 24.9. The third kappa shape index (κ3) is 7.20. The van der Waals surface area contributed by atoms with Crippen molar-refractivity contribution in [2.45, 2.75) is 38.5 Å². The van der Waals surface area contributed by atoms with Crippen molar-refractivity contribution in [3.63, 3.8) is 0 Å². The van der Waals surface area contributed by atoms with Crippen molar-refractivity contribution in [1.29, 1.82) is 0 Å². The molecule has 0 spiro atoms. The van der Waals surface area contributed by atoms with Gasteiger partial charge in [-0.2, -0.15) is 0 Å². The fourth-order valence-corrected chi connectivity index (χ4v) is 15.4. The SMILES string of the molecule is CC1(C)c2ccccc2-c2ccc3c(c21)C(C)(C)c1ccc(-c2ccc4c(c2)c2cc(-c5ccc6c(c5)c5cc7c(cc5n6-c5nc(-c6ccccc6)cc(-c6ccccc6)n5)c5ccccc5n7-c5ccccc5)ccc2n4-c2ccccc2)cc1-3. The molecule has 87 heavy (non-hydrogen) atoms. The Morgan fingerprint density at radius 1 is 0.253 bits per heavy atom. The van der Waals surface area contributed by atoms with Crippen LogP contribution in [0.3, 0.4) is 0 Å². The zero-order valence-corrected chi connectivity index (χ0v) is 48.7. The number of hydrogen-bond acceptors (Lipinski definition) is 2. The lowest BCUT2D eigenvalue weighted by atomic mass is 9.72. The van der Waals surface area contributed by atoms with Crippen molar-refractivity contribution in [2.24, 2.45) is 0 Å². The Bertz CT molecular complexity index is 5490. The Hall–Kier alpha value is -10.9. The summed E-state index contributed by atoms with van der Waals surface area (Å²) in [6.45, 7) is 9.69. The van der Waals surface area contributed by atoms with E-state index in [0.29, 0.717) is 5.95 Å². The van der Waals surface area contributed by atoms with E-state index in [1.54, 1.807) is 0 Å². The van der Waals surface area contributed by atoms with Gasteiger partial charge in [-0.05, 0) is 158 Å². The number of benzene rings is 12. The highest BCUT2D eigenvalue weighted by Crippen LogP contribution is 2.59. The summed E-state index contributed by atoms with van der Waals surface area (Å²) in [5.41, 5.74) is 28.4. The quantitative estimate of drug-likeness (QED) is 0.160. The summed E-state index contributed by atoms with van der Waals surface area (Å²) < 4.78 is 7.14. The molecule has 4 aromatic heterocycles. The van der Waals surface area contributed by atoms with Crippen LogP contribution in [-0.4, -0.2) is 23.7 Å². The van der Waals surface area contributed by atoms with Crippen molar-refractivity contribution in [3.8, 4) is 84.3 Å². The van der Waals surface area contributed by atoms with Gasteiger partial charge in [0, 0.05) is 65.6 Å². The Labute approximate surface area is 504 Å². The first-order valence-corrected chi connectivity index (χ1v) is 30.3. The van der Waals surface area contributed by atoms with Gasteiger partial charge in [0.25, 0.3) is 0 Å². The first-order valence-electron chi connectivity index (χ1n) is 30.3. The molecule has 0 unspecified atom stereocenters. The average molecular weight is 1110 g/mol. The lowest BCUT2D eigenvalue weighted by Gasteiger charge is -2.30. The van der Waals surface area contributed by atoms with Crippen LogP contribution in [0.25, 0.3) is 150 Å². The van der Waals surface area contributed by atoms with Gasteiger partial charge in [0.05, 0.1) is 44.5 Å². The molecule has 0 saturated carbocycles. The third-order valence-electron chi connectivity index (χ3n) is 19.4. The van der Waals surface area contributed by atoms with E-state index in [1.807, 2.05) is 0 Å². The second-order valence-electron chi connectivity index (χ2n) is 24.9. The predicted molar refractivity (Wildman–Crippen MR) is 362 cm³/mol. The molecule has 5 nitrogen and oxygen atoms in total. The van der Waals surface area contributed by atoms with Gasteiger partial charge in [0.2, 0.25) is 5.95 Å². The van der Waals surface area contributed by atoms with E-state index in [-0.39, 0.29) is 10.8 Å². The fraction of sp³-hybridized carbons (Fsp3) is 0.0732. The number of rotatable bonds is 7. The summed E-state index contributed by atoms with van der Waals surface area (Å²) in [5, 5.41) is 7.02. The molecular weight excluding hydrogens is 1050 g/mol. The molecule has 16 aromatic rings. The molecule has 5 heteroatoms. The standard InChI is InChI=1S/C82H57N5/c1-81(2)68-31-19-17-29-58(68)60-37-38-61-62-43-52(33-39-69(62)82(3,4)79(61)78(60)81)53-34-40-73-63(44-53)64-45-54(35-41-74(64)85(73)56-25-13-7-14-26-56)55-36-42-75-65(46-55)67-48-76-66(59-30-18-20-32-72(59)86(76)57-27-15-8-16-28-57)47-77(67)87(75)80-83-70(50-21-9-5-10-22-50)49-71(84-80)51-23-11-6-12-24-51/h5-49H,1-4H3. The van der Waals surface area contributed by atoms with Gasteiger partial charge in [0.15, 0.2) is 0 Å². The van der Waals surface area contributed by atoms with E-state index >= 15 is 0 Å². The number of hydrogen-bond donors (Lipinski definition) is 0. The lowest BCUT2D eigenvalue weighted by molar-refractivity contribution is 0.601. The van der Waals surface area contributed by atoms with Crippen molar-refractivity contribution in [2.75, 3.05) is 0 Å². The number of nitrogens with zero attached hydrogens (tertiary/aromatic N) is 5. The minimum Gasteiger partial charge on any atom is -0.309 e. The molecule has 0 fully saturated rings. The molecule has 0 saturated heterocycles. The van der Waals surface area contributed by atoms with E-state index < -0.39 is 0 Å². The van der Waals surface area contributed by atoms with E-state index in [9.17, 15) is 0 Å². The summed E-state index contributed by atoms with van der Waals surface area (Å²) in [5.74, 6) is 0.620. The van der Waals surface area contributed by atoms with Crippen molar-refractivity contribution >= 4 is 65.4 Å². The Kier molecular flexibility index (Phi) is 10.4. The van der Waals surface area contributed by atoms with Crippen LogP contribution in [0, 0.1) is 0 Å². The van der Waals surface area contributed by atoms with E-state index in [1.165, 1.54) is 82.7 Å². The molecule has 18 rings (SSSR count). The second kappa shape index (κ2) is 18.3. The monoisotopic (exact) mass is 1110 g/mol. The molecule has 0 atom stereocenters. The molecule has 0 amide bonds. The summed E-state index contributed by atoms with van der Waals surface area (Å²) in [4.78, 5) is 10.9. The molecule has 0 bridgehead atoms. The van der Waals surface area contributed by atoms with Gasteiger partial charge >= 0.3 is 0 Å². The third-order valence-corrected chi connectivity index (χ3v) is 19.4. The molecule has 0 aliphatic heterocycles. The average Bonchev–Trinajstić information content (AvgIpc) is 1.61. The van der Waals surface area contributed by atoms with Crippen LogP contribution in [0.1, 0.15) is 49.9 Å². The zero-order valence-electron chi connectivity index (χ0n) is 48.7. The molecule has 410 valence electrons. The van der Waals surface area contributed by atoms with E-state index in [4.69, 9.17) is 9.97 Å². The van der Waals surface area contributed by atoms with Gasteiger partial charge in [-0.3, -0.25) is 4.57 Å². The predicted octanol–water partition coefficient (Wildman–Crippen LogP) is 21.0. The van der Waals surface area contributed by atoms with Crippen LogP contribution >= 0.6 is 0 Å². The fourth-order valence-electron chi connectivity index (χ4n) is 15.4. The van der Waals surface area contributed by atoms with Crippen molar-refractivity contribution in [1.82, 2.24) is 23.7 Å². The van der Waals surface area contributed by atoms with Crippen LogP contribution in [0.5, 0.6) is 0 Å². The zero-order chi connectivity index (χ0) is 57.9. The summed E-state index contributed by atoms with van der Waals surface area (Å²) in [7, 11) is 0. The number of aromatic nitrogens is 5. The molecule has 4 heterocycles. The largest absolute Gasteiger partial charge is 0.309 e. The van der Waals surface area contributed by atoms with E-state index in [0.717, 1.165) is 83.4 Å². The highest BCUT2D eigenvalue weighted by Gasteiger charge is 2.45. The summed E-state index contributed by atoms with van der Waals surface area (Å²) in [6.07, 6.45) is 0. The maximum absolute atomic E-state index is 5.47. The van der Waals surface area contributed by atoms with Crippen LogP contribution in [0.4, 0.5) is 0 Å². The minimum absolute atomic E-state index is 0.101. The maximum atomic E-state index is 5.47. The highest BCUT2D eigenvalue weighted by atomic mass is 15.2. The lowest BCUT2D eigenvalue weighted by Crippen LogP contribution is -2.24. The normalized spacial score (nSPS) is 13.7. The van der Waals surface area contributed by atoms with Crippen LogP contribution in [-0.2, 0) is 10.8 Å². The van der Waals surface area contributed by atoms with E-state index in [2.05, 4.69) is 314 Å². The minimum atomic E-state index is -0.156. The smallest absolute Gasteiger partial charge is 0.235 e. The number of para-hydroxylation sites is 3. The highest BCUT2D eigenvalue weighted by molar-refractivity contribution is 6.20. The summed E-state index contributed by atoms with van der Waals surface area (Å²) in [6, 6.07) is 100. The molecule has 2 aliphatic rings. The van der Waals surface area contributed by atoms with Gasteiger partial charge in [0.1, 0.15) is 0 Å². The molecule has 2 aliphatic carbocycles. The topological polar surface area (TPSA) is 40.6 Å². The molecule has 12 aromatic carbocycles. The molecule has 0 N–H and O–H groups in total. The van der Waals surface area contributed by atoms with Crippen LogP contribution in [0.2, 0.25) is 0 Å². The first-order chi connectivity index (χ1) is 42.7. The van der Waals surface area contributed by atoms with Crippen molar-refractivity contribution < 1.29 is 0 Å². The Morgan fingerprint density at radius 2 is 0.644 bits per heavy atom. The molecule has 0 radical (unpaired) electrons. The van der Waals surface area contributed by atoms with Crippen LogP contribution < -0.4 is 0 Å². The van der Waals surface area contributed by atoms with Gasteiger partial charge in [-0.25, -0.2) is 9.97 Å². The van der Waals surface area contributed by atoms with Gasteiger partial charge < -0.3 is 9.13 Å². The maximum Gasteiger partial charge on any atom is 0.235 e. The number of fused-ring (bicyclic) bond motifs is 16.